The average Bonchev–Trinajstić information content (AvgIpc) is 2.55. The fourth-order valence-electron chi connectivity index (χ4n) is 2.99. The number of ether oxygens (including phenoxy) is 1. The highest BCUT2D eigenvalue weighted by molar-refractivity contribution is 5.82. The minimum atomic E-state index is -0.425. The van der Waals surface area contributed by atoms with Crippen LogP contribution in [0.1, 0.15) is 12.8 Å². The summed E-state index contributed by atoms with van der Waals surface area (Å²) in [7, 11) is 3.37. The highest BCUT2D eigenvalue weighted by Crippen LogP contribution is 2.26. The van der Waals surface area contributed by atoms with Gasteiger partial charge in [-0.05, 0) is 24.8 Å². The van der Waals surface area contributed by atoms with Gasteiger partial charge < -0.3 is 14.5 Å². The number of para-hydroxylation sites is 2. The van der Waals surface area contributed by atoms with Crippen molar-refractivity contribution in [2.45, 2.75) is 12.8 Å². The third kappa shape index (κ3) is 4.41. The molecule has 0 aromatic heterocycles. The number of anilines is 1. The number of nitro groups is 1. The highest BCUT2D eigenvalue weighted by Gasteiger charge is 2.25. The number of rotatable bonds is 6. The lowest BCUT2D eigenvalue weighted by molar-refractivity contribution is -0.384. The molecule has 23 heavy (non-hydrogen) atoms. The van der Waals surface area contributed by atoms with E-state index in [1.807, 2.05) is 4.90 Å². The molecule has 7 nitrogen and oxygen atoms in total. The Morgan fingerprint density at radius 3 is 2.91 bits per heavy atom. The SMILES string of the molecule is COCC1CCCN(C(=O)CN(C)c2ccccc2[N+](=O)[O-])C1. The third-order valence-electron chi connectivity index (χ3n) is 4.14. The van der Waals surface area contributed by atoms with Crippen molar-refractivity contribution < 1.29 is 14.5 Å². The minimum Gasteiger partial charge on any atom is -0.384 e. The molecule has 2 rings (SSSR count). The first-order valence-electron chi connectivity index (χ1n) is 7.74. The molecule has 1 fully saturated rings. The number of nitrogens with zero attached hydrogens (tertiary/aromatic N) is 3. The van der Waals surface area contributed by atoms with Crippen LogP contribution >= 0.6 is 0 Å². The van der Waals surface area contributed by atoms with E-state index in [0.29, 0.717) is 24.8 Å². The molecule has 1 unspecified atom stereocenters. The zero-order valence-electron chi connectivity index (χ0n) is 13.6. The lowest BCUT2D eigenvalue weighted by Gasteiger charge is -2.33. The molecule has 1 saturated heterocycles. The van der Waals surface area contributed by atoms with Crippen LogP contribution in [0.25, 0.3) is 0 Å². The number of carbonyl (C=O) groups is 1. The lowest BCUT2D eigenvalue weighted by Crippen LogP contribution is -2.45. The Kier molecular flexibility index (Phi) is 5.92. The van der Waals surface area contributed by atoms with Crippen LogP contribution in [0, 0.1) is 16.0 Å². The van der Waals surface area contributed by atoms with Gasteiger partial charge in [-0.1, -0.05) is 12.1 Å². The van der Waals surface area contributed by atoms with Gasteiger partial charge in [-0.15, -0.1) is 0 Å². The van der Waals surface area contributed by atoms with Gasteiger partial charge >= 0.3 is 0 Å². The first-order chi connectivity index (χ1) is 11.0. The van der Waals surface area contributed by atoms with Gasteiger partial charge in [0.15, 0.2) is 0 Å². The molecule has 1 aliphatic heterocycles. The summed E-state index contributed by atoms with van der Waals surface area (Å²) in [5.41, 5.74) is 0.468. The molecule has 0 bridgehead atoms. The van der Waals surface area contributed by atoms with Crippen LogP contribution in [0.4, 0.5) is 11.4 Å². The number of amides is 1. The van der Waals surface area contributed by atoms with E-state index < -0.39 is 4.92 Å². The van der Waals surface area contributed by atoms with E-state index in [2.05, 4.69) is 0 Å². The maximum Gasteiger partial charge on any atom is 0.292 e. The van der Waals surface area contributed by atoms with E-state index in [4.69, 9.17) is 4.74 Å². The monoisotopic (exact) mass is 321 g/mol. The summed E-state index contributed by atoms with van der Waals surface area (Å²) >= 11 is 0. The molecule has 0 spiro atoms. The lowest BCUT2D eigenvalue weighted by atomic mass is 9.99. The molecular formula is C16H23N3O4. The van der Waals surface area contributed by atoms with E-state index in [-0.39, 0.29) is 18.1 Å². The van der Waals surface area contributed by atoms with Crippen LogP contribution in [-0.4, -0.2) is 56.1 Å². The predicted molar refractivity (Wildman–Crippen MR) is 87.5 cm³/mol. The number of nitro benzene ring substituents is 1. The number of likely N-dealkylation sites (tertiary alicyclic amines) is 1. The fraction of sp³-hybridized carbons (Fsp3) is 0.562. The maximum atomic E-state index is 12.5. The van der Waals surface area contributed by atoms with E-state index >= 15 is 0 Å². The van der Waals surface area contributed by atoms with Gasteiger partial charge in [0.05, 0.1) is 18.1 Å². The highest BCUT2D eigenvalue weighted by atomic mass is 16.6. The molecule has 1 aliphatic rings. The Hall–Kier alpha value is -2.15. The molecule has 1 aromatic carbocycles. The van der Waals surface area contributed by atoms with Crippen LogP contribution in [0.15, 0.2) is 24.3 Å². The van der Waals surface area contributed by atoms with Crippen molar-refractivity contribution in [1.82, 2.24) is 4.90 Å². The molecule has 0 N–H and O–H groups in total. The van der Waals surface area contributed by atoms with Gasteiger partial charge in [-0.3, -0.25) is 14.9 Å². The van der Waals surface area contributed by atoms with Gasteiger partial charge in [0.2, 0.25) is 5.91 Å². The summed E-state index contributed by atoms with van der Waals surface area (Å²) in [6.07, 6.45) is 2.03. The summed E-state index contributed by atoms with van der Waals surface area (Å²) in [6, 6.07) is 6.47. The predicted octanol–water partition coefficient (Wildman–Crippen LogP) is 1.92. The number of benzene rings is 1. The Morgan fingerprint density at radius 1 is 1.48 bits per heavy atom. The number of hydrogen-bond donors (Lipinski definition) is 0. The molecule has 0 radical (unpaired) electrons. The van der Waals surface area contributed by atoms with Crippen molar-refractivity contribution in [2.75, 3.05) is 45.3 Å². The second-order valence-corrected chi connectivity index (χ2v) is 5.91. The Morgan fingerprint density at radius 2 is 2.22 bits per heavy atom. The standard InChI is InChI=1S/C16H23N3O4/c1-17(14-7-3-4-8-15(14)19(21)22)11-16(20)18-9-5-6-13(10-18)12-23-2/h3-4,7-8,13H,5-6,9-12H2,1-2H3. The van der Waals surface area contributed by atoms with E-state index in [9.17, 15) is 14.9 Å². The van der Waals surface area contributed by atoms with Crippen LogP contribution in [-0.2, 0) is 9.53 Å². The van der Waals surface area contributed by atoms with Crippen molar-refractivity contribution in [1.29, 1.82) is 0 Å². The number of carbonyl (C=O) groups excluding carboxylic acids is 1. The Balaban J connectivity index is 2.01. The van der Waals surface area contributed by atoms with Gasteiger partial charge in [-0.2, -0.15) is 0 Å². The zero-order chi connectivity index (χ0) is 16.8. The number of piperidine rings is 1. The maximum absolute atomic E-state index is 12.5. The van der Waals surface area contributed by atoms with Gasteiger partial charge in [0.25, 0.3) is 5.69 Å². The first kappa shape index (κ1) is 17.2. The first-order valence-corrected chi connectivity index (χ1v) is 7.74. The smallest absolute Gasteiger partial charge is 0.292 e. The molecule has 1 aromatic rings. The van der Waals surface area contributed by atoms with Crippen molar-refractivity contribution in [3.63, 3.8) is 0 Å². The largest absolute Gasteiger partial charge is 0.384 e. The summed E-state index contributed by atoms with van der Waals surface area (Å²) < 4.78 is 5.18. The van der Waals surface area contributed by atoms with E-state index in [1.165, 1.54) is 6.07 Å². The van der Waals surface area contributed by atoms with Crippen molar-refractivity contribution in [3.8, 4) is 0 Å². The van der Waals surface area contributed by atoms with Crippen molar-refractivity contribution in [3.05, 3.63) is 34.4 Å². The Bertz CT molecular complexity index is 562. The van der Waals surface area contributed by atoms with Gasteiger partial charge in [-0.25, -0.2) is 0 Å². The fourth-order valence-corrected chi connectivity index (χ4v) is 2.99. The van der Waals surface area contributed by atoms with E-state index in [0.717, 1.165) is 19.4 Å². The van der Waals surface area contributed by atoms with Crippen molar-refractivity contribution in [2.24, 2.45) is 5.92 Å². The molecule has 0 aliphatic carbocycles. The summed E-state index contributed by atoms with van der Waals surface area (Å²) in [4.78, 5) is 26.6. The average molecular weight is 321 g/mol. The summed E-state index contributed by atoms with van der Waals surface area (Å²) in [5, 5.41) is 11.1. The van der Waals surface area contributed by atoms with Crippen LogP contribution in [0.2, 0.25) is 0 Å². The normalized spacial score (nSPS) is 17.8. The summed E-state index contributed by atoms with van der Waals surface area (Å²) in [6.45, 7) is 2.22. The topological polar surface area (TPSA) is 75.9 Å². The summed E-state index contributed by atoms with van der Waals surface area (Å²) in [5.74, 6) is 0.362. The van der Waals surface area contributed by atoms with Crippen LogP contribution < -0.4 is 4.90 Å². The van der Waals surface area contributed by atoms with Crippen LogP contribution in [0.3, 0.4) is 0 Å². The number of likely N-dealkylation sites (N-methyl/N-ethyl adjacent to an activating group) is 1. The van der Waals surface area contributed by atoms with Crippen molar-refractivity contribution >= 4 is 17.3 Å². The zero-order valence-corrected chi connectivity index (χ0v) is 13.6. The molecule has 7 heteroatoms. The molecule has 126 valence electrons. The molecule has 0 saturated carbocycles. The third-order valence-corrected chi connectivity index (χ3v) is 4.14. The molecule has 1 amide bonds. The van der Waals surface area contributed by atoms with E-state index in [1.54, 1.807) is 37.3 Å². The molecular weight excluding hydrogens is 298 g/mol. The van der Waals surface area contributed by atoms with Crippen LogP contribution in [0.5, 0.6) is 0 Å². The minimum absolute atomic E-state index is 0.00791. The quantitative estimate of drug-likeness (QED) is 0.591. The number of hydrogen-bond acceptors (Lipinski definition) is 5. The molecule has 1 atom stereocenters. The second kappa shape index (κ2) is 7.92. The molecule has 1 heterocycles. The number of methoxy groups -OCH3 is 1. The van der Waals surface area contributed by atoms with Gasteiger partial charge in [0.1, 0.15) is 5.69 Å². The second-order valence-electron chi connectivity index (χ2n) is 5.91. The Labute approximate surface area is 136 Å². The van der Waals surface area contributed by atoms with Gasteiger partial charge in [0, 0.05) is 33.3 Å².